The van der Waals surface area contributed by atoms with Gasteiger partial charge in [-0.15, -0.1) is 5.10 Å². The van der Waals surface area contributed by atoms with Crippen molar-refractivity contribution in [2.24, 2.45) is 5.92 Å². The number of aromatic nitrogens is 3. The molecule has 0 radical (unpaired) electrons. The molecule has 1 aliphatic carbocycles. The maximum Gasteiger partial charge on any atom is 0.231 e. The predicted molar refractivity (Wildman–Crippen MR) is 88.7 cm³/mol. The number of nitrogens with zero attached hydrogens (tertiary/aromatic N) is 3. The van der Waals surface area contributed by atoms with Crippen molar-refractivity contribution in [1.29, 1.82) is 0 Å². The molecule has 1 unspecified atom stereocenters. The monoisotopic (exact) mass is 325 g/mol. The Labute approximate surface area is 139 Å². The van der Waals surface area contributed by atoms with Crippen LogP contribution < -0.4 is 10.2 Å². The van der Waals surface area contributed by atoms with Gasteiger partial charge in [-0.1, -0.05) is 6.07 Å². The van der Waals surface area contributed by atoms with Gasteiger partial charge in [0.15, 0.2) is 5.82 Å². The van der Waals surface area contributed by atoms with Gasteiger partial charge in [-0.25, -0.2) is 0 Å². The van der Waals surface area contributed by atoms with Gasteiger partial charge in [0.05, 0.1) is 5.92 Å². The van der Waals surface area contributed by atoms with E-state index in [4.69, 9.17) is 0 Å². The third-order valence-corrected chi connectivity index (χ3v) is 4.85. The molecule has 0 spiro atoms. The molecule has 124 valence electrons. The molecule has 2 N–H and O–H groups in total. The topological polar surface area (TPSA) is 91.0 Å². The van der Waals surface area contributed by atoms with Gasteiger partial charge >= 0.3 is 0 Å². The van der Waals surface area contributed by atoms with Crippen LogP contribution in [0, 0.1) is 12.8 Å². The number of H-pyrrole nitrogens is 1. The molecule has 2 aromatic rings. The lowest BCUT2D eigenvalue weighted by molar-refractivity contribution is -0.122. The zero-order valence-electron chi connectivity index (χ0n) is 13.5. The van der Waals surface area contributed by atoms with Crippen LogP contribution in [0.3, 0.4) is 0 Å². The highest BCUT2D eigenvalue weighted by atomic mass is 16.2. The first-order valence-electron chi connectivity index (χ1n) is 8.22. The van der Waals surface area contributed by atoms with Crippen molar-refractivity contribution in [1.82, 2.24) is 15.4 Å². The first-order valence-corrected chi connectivity index (χ1v) is 8.22. The number of hydrogen-bond donors (Lipinski definition) is 2. The maximum absolute atomic E-state index is 12.4. The van der Waals surface area contributed by atoms with Crippen LogP contribution in [0.4, 0.5) is 11.5 Å². The van der Waals surface area contributed by atoms with Gasteiger partial charge in [-0.2, -0.15) is 10.3 Å². The molecule has 1 atom stereocenters. The van der Waals surface area contributed by atoms with Crippen LogP contribution in [-0.4, -0.2) is 33.8 Å². The molecule has 2 heterocycles. The van der Waals surface area contributed by atoms with Crippen molar-refractivity contribution in [3.8, 4) is 0 Å². The number of anilines is 2. The minimum atomic E-state index is -0.373. The second kappa shape index (κ2) is 5.74. The highest BCUT2D eigenvalue weighted by molar-refractivity contribution is 6.03. The molecule has 4 rings (SSSR count). The van der Waals surface area contributed by atoms with Crippen LogP contribution in [0.5, 0.6) is 0 Å². The molecule has 1 aromatic carbocycles. The number of carbonyl (C=O) groups is 2. The number of hydrogen-bond acceptors (Lipinski definition) is 4. The van der Waals surface area contributed by atoms with Crippen molar-refractivity contribution in [3.05, 3.63) is 35.0 Å². The number of benzene rings is 1. The Hall–Kier alpha value is -2.70. The lowest BCUT2D eigenvalue weighted by Crippen LogP contribution is -2.28. The number of amides is 2. The summed E-state index contributed by atoms with van der Waals surface area (Å²) in [6.45, 7) is 2.16. The van der Waals surface area contributed by atoms with E-state index in [0.29, 0.717) is 18.1 Å². The SMILES string of the molecule is Cc1n[nH]nc1NC(=O)C1CC(=O)N(c2ccc3c(c2)CCC3)C1. The number of aryl methyl sites for hydroxylation is 3. The quantitative estimate of drug-likeness (QED) is 0.896. The number of fused-ring (bicyclic) bond motifs is 1. The summed E-state index contributed by atoms with van der Waals surface area (Å²) in [5.41, 5.74) is 4.23. The van der Waals surface area contributed by atoms with Gasteiger partial charge in [-0.3, -0.25) is 9.59 Å². The van der Waals surface area contributed by atoms with Crippen LogP contribution in [0.25, 0.3) is 0 Å². The highest BCUT2D eigenvalue weighted by Crippen LogP contribution is 2.30. The van der Waals surface area contributed by atoms with E-state index < -0.39 is 0 Å². The summed E-state index contributed by atoms with van der Waals surface area (Å²) >= 11 is 0. The van der Waals surface area contributed by atoms with Crippen molar-refractivity contribution >= 4 is 23.3 Å². The first-order chi connectivity index (χ1) is 11.6. The Balaban J connectivity index is 1.48. The van der Waals surface area contributed by atoms with Gasteiger partial charge < -0.3 is 10.2 Å². The smallest absolute Gasteiger partial charge is 0.231 e. The Morgan fingerprint density at radius 3 is 2.92 bits per heavy atom. The highest BCUT2D eigenvalue weighted by Gasteiger charge is 2.35. The lowest BCUT2D eigenvalue weighted by atomic mass is 10.1. The van der Waals surface area contributed by atoms with E-state index in [1.54, 1.807) is 11.8 Å². The number of nitrogens with one attached hydrogen (secondary N) is 2. The second-order valence-corrected chi connectivity index (χ2v) is 6.46. The van der Waals surface area contributed by atoms with E-state index in [9.17, 15) is 9.59 Å². The Morgan fingerprint density at radius 1 is 1.29 bits per heavy atom. The fraction of sp³-hybridized carbons (Fsp3) is 0.412. The molecule has 2 amide bonds. The largest absolute Gasteiger partial charge is 0.312 e. The fourth-order valence-corrected chi connectivity index (χ4v) is 3.48. The van der Waals surface area contributed by atoms with Gasteiger partial charge in [0.25, 0.3) is 0 Å². The predicted octanol–water partition coefficient (Wildman–Crippen LogP) is 1.59. The normalized spacial score (nSPS) is 19.6. The van der Waals surface area contributed by atoms with Crippen molar-refractivity contribution < 1.29 is 9.59 Å². The molecule has 1 aliphatic heterocycles. The third kappa shape index (κ3) is 2.55. The summed E-state index contributed by atoms with van der Waals surface area (Å²) < 4.78 is 0. The summed E-state index contributed by atoms with van der Waals surface area (Å²) in [4.78, 5) is 26.5. The molecule has 0 bridgehead atoms. The molecule has 2 aliphatic rings. The Morgan fingerprint density at radius 2 is 2.12 bits per heavy atom. The summed E-state index contributed by atoms with van der Waals surface area (Å²) in [5, 5.41) is 13.0. The van der Waals surface area contributed by atoms with Crippen molar-refractivity contribution in [2.75, 3.05) is 16.8 Å². The fourth-order valence-electron chi connectivity index (χ4n) is 3.48. The average Bonchev–Trinajstić information content (AvgIpc) is 3.27. The maximum atomic E-state index is 12.4. The van der Waals surface area contributed by atoms with Crippen LogP contribution in [0.1, 0.15) is 29.7 Å². The molecule has 1 fully saturated rings. The average molecular weight is 325 g/mol. The lowest BCUT2D eigenvalue weighted by Gasteiger charge is -2.17. The minimum absolute atomic E-state index is 0.00929. The second-order valence-electron chi connectivity index (χ2n) is 6.46. The number of aromatic amines is 1. The standard InChI is InChI=1S/C17H19N5O2/c1-10-16(20-21-19-10)18-17(24)13-8-15(23)22(9-13)14-6-5-11-3-2-4-12(11)7-14/h5-7,13H,2-4,8-9H2,1H3,(H2,18,19,20,21,24). The molecule has 24 heavy (non-hydrogen) atoms. The minimum Gasteiger partial charge on any atom is -0.312 e. The van der Waals surface area contributed by atoms with Crippen molar-refractivity contribution in [3.63, 3.8) is 0 Å². The van der Waals surface area contributed by atoms with E-state index in [2.05, 4.69) is 32.9 Å². The summed E-state index contributed by atoms with van der Waals surface area (Å²) in [6.07, 6.45) is 3.58. The van der Waals surface area contributed by atoms with E-state index in [1.807, 2.05) is 6.07 Å². The van der Waals surface area contributed by atoms with Gasteiger partial charge in [-0.05, 0) is 49.4 Å². The molecule has 0 saturated carbocycles. The van der Waals surface area contributed by atoms with E-state index in [0.717, 1.165) is 18.5 Å². The van der Waals surface area contributed by atoms with Crippen LogP contribution >= 0.6 is 0 Å². The molecular weight excluding hydrogens is 306 g/mol. The zero-order valence-corrected chi connectivity index (χ0v) is 13.5. The van der Waals surface area contributed by atoms with Crippen LogP contribution in [-0.2, 0) is 22.4 Å². The summed E-state index contributed by atoms with van der Waals surface area (Å²) in [6, 6.07) is 6.20. The molecular formula is C17H19N5O2. The molecule has 1 aromatic heterocycles. The molecule has 1 saturated heterocycles. The van der Waals surface area contributed by atoms with Crippen LogP contribution in [0.2, 0.25) is 0 Å². The van der Waals surface area contributed by atoms with E-state index in [-0.39, 0.29) is 24.2 Å². The van der Waals surface area contributed by atoms with Crippen molar-refractivity contribution in [2.45, 2.75) is 32.6 Å². The van der Waals surface area contributed by atoms with E-state index >= 15 is 0 Å². The third-order valence-electron chi connectivity index (χ3n) is 4.85. The number of rotatable bonds is 3. The zero-order chi connectivity index (χ0) is 16.7. The molecule has 7 nitrogen and oxygen atoms in total. The van der Waals surface area contributed by atoms with E-state index in [1.165, 1.54) is 17.5 Å². The molecule has 7 heteroatoms. The summed E-state index contributed by atoms with van der Waals surface area (Å²) in [5.74, 6) is -0.153. The summed E-state index contributed by atoms with van der Waals surface area (Å²) in [7, 11) is 0. The first kappa shape index (κ1) is 14.9. The van der Waals surface area contributed by atoms with Gasteiger partial charge in [0, 0.05) is 18.7 Å². The van der Waals surface area contributed by atoms with Gasteiger partial charge in [0.1, 0.15) is 5.69 Å². The van der Waals surface area contributed by atoms with Gasteiger partial charge in [0.2, 0.25) is 11.8 Å². The van der Waals surface area contributed by atoms with Crippen LogP contribution in [0.15, 0.2) is 18.2 Å². The Kier molecular flexibility index (Phi) is 3.55. The Bertz CT molecular complexity index is 813. The number of carbonyl (C=O) groups excluding carboxylic acids is 2.